The molecule has 3 aromatic heterocycles. The third-order valence-corrected chi connectivity index (χ3v) is 11.5. The van der Waals surface area contributed by atoms with Gasteiger partial charge in [-0.1, -0.05) is 17.7 Å². The first-order chi connectivity index (χ1) is 24.9. The van der Waals surface area contributed by atoms with Crippen LogP contribution in [0, 0.1) is 17.1 Å². The van der Waals surface area contributed by atoms with Crippen LogP contribution in [0.4, 0.5) is 26.0 Å². The van der Waals surface area contributed by atoms with Gasteiger partial charge in [-0.25, -0.2) is 14.2 Å². The Bertz CT molecular complexity index is 2300. The SMILES string of the molecule is CN(C)C1CN(c2nc(NCc3n[nH]c4c3CCCC4)c3c4c(c(-c5ccc(F)c6sc(NC(=O)OC(C)(C)C)c(C#N)c56)c(Cl)c3n2)COC4)C1. The van der Waals surface area contributed by atoms with E-state index < -0.39 is 17.5 Å². The molecule has 0 saturated carbocycles. The number of aromatic amines is 1. The Morgan fingerprint density at radius 3 is 2.69 bits per heavy atom. The molecular formula is C37H39ClFN9O3S. The van der Waals surface area contributed by atoms with Crippen LogP contribution < -0.4 is 15.5 Å². The molecule has 15 heteroatoms. The summed E-state index contributed by atoms with van der Waals surface area (Å²) >= 11 is 8.44. The molecule has 270 valence electrons. The van der Waals surface area contributed by atoms with Gasteiger partial charge in [0.15, 0.2) is 0 Å². The molecule has 5 heterocycles. The Morgan fingerprint density at radius 2 is 1.94 bits per heavy atom. The van der Waals surface area contributed by atoms with Gasteiger partial charge >= 0.3 is 6.09 Å². The van der Waals surface area contributed by atoms with Crippen molar-refractivity contribution < 1.29 is 18.7 Å². The molecule has 12 nitrogen and oxygen atoms in total. The number of aryl methyl sites for hydroxylation is 1. The number of likely N-dealkylation sites (N-methyl/N-ethyl adjacent to an activating group) is 1. The first-order valence-corrected chi connectivity index (χ1v) is 18.6. The summed E-state index contributed by atoms with van der Waals surface area (Å²) in [6, 6.07) is 5.56. The summed E-state index contributed by atoms with van der Waals surface area (Å²) in [4.78, 5) is 27.3. The van der Waals surface area contributed by atoms with Crippen LogP contribution in [0.5, 0.6) is 0 Å². The average Bonchev–Trinajstić information content (AvgIpc) is 3.80. The number of H-pyrrole nitrogens is 1. The molecule has 0 radical (unpaired) electrons. The first kappa shape index (κ1) is 34.5. The van der Waals surface area contributed by atoms with Crippen LogP contribution in [-0.2, 0) is 42.1 Å². The van der Waals surface area contributed by atoms with Gasteiger partial charge in [0, 0.05) is 35.8 Å². The highest BCUT2D eigenvalue weighted by atomic mass is 35.5. The third kappa shape index (κ3) is 5.99. The molecule has 0 atom stereocenters. The molecule has 52 heavy (non-hydrogen) atoms. The molecule has 1 aliphatic carbocycles. The van der Waals surface area contributed by atoms with Crippen LogP contribution in [0.3, 0.4) is 0 Å². The van der Waals surface area contributed by atoms with Crippen molar-refractivity contribution in [1.82, 2.24) is 25.1 Å². The topological polar surface area (TPSA) is 144 Å². The zero-order valence-corrected chi connectivity index (χ0v) is 31.2. The van der Waals surface area contributed by atoms with Crippen molar-refractivity contribution in [3.05, 3.63) is 56.6 Å². The van der Waals surface area contributed by atoms with Crippen molar-refractivity contribution in [1.29, 1.82) is 5.26 Å². The van der Waals surface area contributed by atoms with Crippen LogP contribution in [0.15, 0.2) is 12.1 Å². The summed E-state index contributed by atoms with van der Waals surface area (Å²) in [5.41, 5.74) is 6.18. The van der Waals surface area contributed by atoms with Gasteiger partial charge in [-0.2, -0.15) is 15.3 Å². The third-order valence-electron chi connectivity index (χ3n) is 10.0. The van der Waals surface area contributed by atoms with E-state index in [0.29, 0.717) is 58.0 Å². The van der Waals surface area contributed by atoms with Gasteiger partial charge in [0.2, 0.25) is 5.95 Å². The number of halogens is 2. The average molecular weight is 744 g/mol. The monoisotopic (exact) mass is 743 g/mol. The smallest absolute Gasteiger partial charge is 0.412 e. The lowest BCUT2D eigenvalue weighted by Gasteiger charge is -2.42. The molecule has 1 saturated heterocycles. The Hall–Kier alpha value is -4.55. The fourth-order valence-electron chi connectivity index (χ4n) is 7.35. The first-order valence-electron chi connectivity index (χ1n) is 17.4. The van der Waals surface area contributed by atoms with Gasteiger partial charge in [-0.3, -0.25) is 10.4 Å². The number of thiophene rings is 1. The number of benzene rings is 2. The summed E-state index contributed by atoms with van der Waals surface area (Å²) in [5, 5.41) is 26.2. The van der Waals surface area contributed by atoms with Crippen LogP contribution in [0.2, 0.25) is 5.02 Å². The molecule has 0 bridgehead atoms. The van der Waals surface area contributed by atoms with Crippen molar-refractivity contribution in [3.8, 4) is 17.2 Å². The molecule has 8 rings (SSSR count). The second-order valence-corrected chi connectivity index (χ2v) is 16.2. The molecule has 1 amide bonds. The number of hydrogen-bond acceptors (Lipinski definition) is 11. The van der Waals surface area contributed by atoms with Crippen molar-refractivity contribution in [2.45, 2.75) is 77.9 Å². The Labute approximate surface area is 309 Å². The van der Waals surface area contributed by atoms with E-state index in [-0.39, 0.29) is 21.9 Å². The second-order valence-electron chi connectivity index (χ2n) is 14.8. The summed E-state index contributed by atoms with van der Waals surface area (Å²) < 4.78 is 27.3. The number of anilines is 3. The largest absolute Gasteiger partial charge is 0.444 e. The quantitative estimate of drug-likeness (QED) is 0.153. The number of amides is 1. The summed E-state index contributed by atoms with van der Waals surface area (Å²) in [6.07, 6.45) is 3.55. The van der Waals surface area contributed by atoms with Gasteiger partial charge < -0.3 is 24.6 Å². The molecular weight excluding hydrogens is 705 g/mol. The molecule has 3 aliphatic rings. The minimum absolute atomic E-state index is 0.118. The zero-order chi connectivity index (χ0) is 36.5. The van der Waals surface area contributed by atoms with Gasteiger partial charge in [-0.05, 0) is 88.9 Å². The van der Waals surface area contributed by atoms with Gasteiger partial charge in [0.1, 0.15) is 28.3 Å². The van der Waals surface area contributed by atoms with E-state index in [1.54, 1.807) is 26.8 Å². The molecule has 2 aromatic carbocycles. The van der Waals surface area contributed by atoms with Crippen LogP contribution >= 0.6 is 22.9 Å². The van der Waals surface area contributed by atoms with Crippen LogP contribution in [-0.4, -0.2) is 70.0 Å². The highest BCUT2D eigenvalue weighted by Crippen LogP contribution is 2.50. The molecule has 3 N–H and O–H groups in total. The lowest BCUT2D eigenvalue weighted by Crippen LogP contribution is -2.58. The lowest BCUT2D eigenvalue weighted by molar-refractivity contribution is 0.0636. The number of carbonyl (C=O) groups excluding carboxylic acids is 1. The van der Waals surface area contributed by atoms with Gasteiger partial charge in [0.05, 0.1) is 51.6 Å². The van der Waals surface area contributed by atoms with Crippen LogP contribution in [0.1, 0.15) is 67.3 Å². The van der Waals surface area contributed by atoms with Crippen molar-refractivity contribution >= 4 is 66.8 Å². The maximum Gasteiger partial charge on any atom is 0.412 e. The molecule has 2 aliphatic heterocycles. The summed E-state index contributed by atoms with van der Waals surface area (Å²) in [5.74, 6) is 0.662. The van der Waals surface area contributed by atoms with Crippen molar-refractivity contribution in [3.63, 3.8) is 0 Å². The number of nitriles is 1. The minimum Gasteiger partial charge on any atom is -0.444 e. The van der Waals surface area contributed by atoms with E-state index in [1.807, 2.05) is 0 Å². The number of aromatic nitrogens is 4. The summed E-state index contributed by atoms with van der Waals surface area (Å²) in [7, 11) is 4.12. The highest BCUT2D eigenvalue weighted by molar-refractivity contribution is 7.23. The predicted octanol–water partition coefficient (Wildman–Crippen LogP) is 7.52. The number of ether oxygens (including phenoxy) is 2. The Balaban J connectivity index is 1.29. The molecule has 0 spiro atoms. The van der Waals surface area contributed by atoms with E-state index in [2.05, 4.69) is 50.8 Å². The number of rotatable bonds is 7. The fourth-order valence-corrected chi connectivity index (χ4v) is 8.77. The maximum absolute atomic E-state index is 15.5. The number of carbonyl (C=O) groups is 1. The van der Waals surface area contributed by atoms with Crippen molar-refractivity contribution in [2.75, 3.05) is 42.7 Å². The van der Waals surface area contributed by atoms with E-state index in [9.17, 15) is 10.1 Å². The standard InChI is InChI=1S/C37H39ClFN9O3S/c1-37(2,3)51-36(49)44-34-21(12-40)28-20(10-11-24(39)32(28)52-34)27-22-16-50-17-23(22)29-31(30(27)38)42-35(48-14-18(15-48)47(4)5)43-33(29)41-13-26-19-8-6-7-9-25(19)45-46-26/h10-11,18H,6-9,13-17H2,1-5H3,(H,44,49)(H,45,46)(H,41,42,43). The highest BCUT2D eigenvalue weighted by Gasteiger charge is 2.34. The van der Waals surface area contributed by atoms with Crippen LogP contribution in [0.25, 0.3) is 32.1 Å². The number of fused-ring (bicyclic) bond motifs is 5. The minimum atomic E-state index is -0.765. The predicted molar refractivity (Wildman–Crippen MR) is 201 cm³/mol. The van der Waals surface area contributed by atoms with E-state index in [0.717, 1.165) is 72.3 Å². The van der Waals surface area contributed by atoms with Gasteiger partial charge in [-0.15, -0.1) is 11.3 Å². The number of hydrogen-bond donors (Lipinski definition) is 3. The Kier molecular flexibility index (Phi) is 8.73. The molecule has 5 aromatic rings. The second kappa shape index (κ2) is 13.1. The lowest BCUT2D eigenvalue weighted by atomic mass is 9.91. The van der Waals surface area contributed by atoms with E-state index in [1.165, 1.54) is 17.3 Å². The normalized spacial score (nSPS) is 15.9. The Morgan fingerprint density at radius 1 is 1.17 bits per heavy atom. The zero-order valence-electron chi connectivity index (χ0n) is 29.7. The summed E-state index contributed by atoms with van der Waals surface area (Å²) in [6.45, 7) is 7.76. The molecule has 0 unspecified atom stereocenters. The number of nitrogens with zero attached hydrogens (tertiary/aromatic N) is 6. The van der Waals surface area contributed by atoms with E-state index >= 15 is 4.39 Å². The fraction of sp³-hybridized carbons (Fsp3) is 0.432. The molecule has 1 fully saturated rings. The number of nitrogens with one attached hydrogen (secondary N) is 3. The maximum atomic E-state index is 15.5. The van der Waals surface area contributed by atoms with E-state index in [4.69, 9.17) is 31.0 Å². The van der Waals surface area contributed by atoms with Gasteiger partial charge in [0.25, 0.3) is 0 Å². The van der Waals surface area contributed by atoms with Crippen molar-refractivity contribution in [2.24, 2.45) is 0 Å².